The lowest BCUT2D eigenvalue weighted by atomic mass is 9.84. The van der Waals surface area contributed by atoms with Crippen molar-refractivity contribution in [2.75, 3.05) is 12.4 Å². The molecule has 0 saturated heterocycles. The highest BCUT2D eigenvalue weighted by molar-refractivity contribution is 8.00. The Bertz CT molecular complexity index is 1790. The van der Waals surface area contributed by atoms with Crippen molar-refractivity contribution in [1.29, 1.82) is 0 Å². The Morgan fingerprint density at radius 3 is 1.56 bits per heavy atom. The molecule has 254 valence electrons. The van der Waals surface area contributed by atoms with Gasteiger partial charge in [0, 0.05) is 11.7 Å². The second-order valence-electron chi connectivity index (χ2n) is 12.7. The highest BCUT2D eigenvalue weighted by atomic mass is 32.2. The Hall–Kier alpha value is -5.34. The first kappa shape index (κ1) is 34.5. The van der Waals surface area contributed by atoms with Crippen LogP contribution in [-0.2, 0) is 19.1 Å². The second-order valence-corrected chi connectivity index (χ2v) is 13.9. The minimum atomic E-state index is -1.24. The fourth-order valence-electron chi connectivity index (χ4n) is 6.72. The van der Waals surface area contributed by atoms with Gasteiger partial charge in [-0.15, -0.1) is 11.8 Å². The molecule has 8 heteroatoms. The zero-order valence-electron chi connectivity index (χ0n) is 28.0. The predicted molar refractivity (Wildman–Crippen MR) is 198 cm³/mol. The number of rotatable bonds is 13. The van der Waals surface area contributed by atoms with Gasteiger partial charge in [0.05, 0.1) is 4.75 Å². The maximum atomic E-state index is 13.7. The number of fused-ring (bicyclic) bond motifs is 3. The first-order valence-corrected chi connectivity index (χ1v) is 17.7. The number of alkyl carbamates (subject to hydrolysis) is 1. The van der Waals surface area contributed by atoms with Crippen LogP contribution in [0.15, 0.2) is 140 Å². The van der Waals surface area contributed by atoms with E-state index in [0.29, 0.717) is 0 Å². The Balaban J connectivity index is 1.18. The maximum Gasteiger partial charge on any atom is 0.407 e. The number of aliphatic carboxylic acids is 1. The van der Waals surface area contributed by atoms with Gasteiger partial charge in [-0.1, -0.05) is 153 Å². The predicted octanol–water partition coefficient (Wildman–Crippen LogP) is 7.84. The lowest BCUT2D eigenvalue weighted by molar-refractivity contribution is -0.141. The third-order valence-corrected chi connectivity index (χ3v) is 10.8. The van der Waals surface area contributed by atoms with Crippen LogP contribution in [0.25, 0.3) is 11.1 Å². The fourth-order valence-corrected chi connectivity index (χ4v) is 8.27. The number of carbonyl (C=O) groups is 3. The number of amides is 2. The van der Waals surface area contributed by atoms with E-state index in [2.05, 4.69) is 22.8 Å². The van der Waals surface area contributed by atoms with Crippen molar-refractivity contribution in [3.05, 3.63) is 167 Å². The average molecular weight is 685 g/mol. The zero-order chi connectivity index (χ0) is 35.1. The molecule has 1 aliphatic carbocycles. The molecule has 5 aromatic carbocycles. The van der Waals surface area contributed by atoms with E-state index >= 15 is 0 Å². The number of carbonyl (C=O) groups excluding carboxylic acids is 2. The molecule has 7 nitrogen and oxygen atoms in total. The molecule has 2 atom stereocenters. The van der Waals surface area contributed by atoms with Crippen molar-refractivity contribution in [2.24, 2.45) is 5.92 Å². The Morgan fingerprint density at radius 1 is 0.680 bits per heavy atom. The minimum Gasteiger partial charge on any atom is -0.480 e. The zero-order valence-corrected chi connectivity index (χ0v) is 28.8. The monoisotopic (exact) mass is 684 g/mol. The Kier molecular flexibility index (Phi) is 10.7. The second kappa shape index (κ2) is 15.5. The number of carboxylic acid groups (broad SMARTS) is 1. The van der Waals surface area contributed by atoms with E-state index in [1.54, 1.807) is 13.8 Å². The van der Waals surface area contributed by atoms with Gasteiger partial charge >= 0.3 is 12.1 Å². The SMILES string of the molecule is CC(C)[C@H](NC(=O)OCC1c2ccccc2-c2ccccc21)C(=O)N[C@@H](CSC(c1ccccc1)(c1ccccc1)c1ccccc1)C(=O)O. The summed E-state index contributed by atoms with van der Waals surface area (Å²) in [5.41, 5.74) is 7.34. The van der Waals surface area contributed by atoms with Gasteiger partial charge in [0.1, 0.15) is 18.7 Å². The number of thioether (sulfide) groups is 1. The van der Waals surface area contributed by atoms with Crippen LogP contribution >= 0.6 is 11.8 Å². The number of carboxylic acids is 1. The Morgan fingerprint density at radius 2 is 1.12 bits per heavy atom. The number of nitrogens with one attached hydrogen (secondary N) is 2. The normalized spacial score (nSPS) is 13.5. The maximum absolute atomic E-state index is 13.7. The van der Waals surface area contributed by atoms with Crippen LogP contribution in [0.2, 0.25) is 0 Å². The van der Waals surface area contributed by atoms with Crippen molar-refractivity contribution in [1.82, 2.24) is 10.6 Å². The van der Waals surface area contributed by atoms with Crippen LogP contribution < -0.4 is 10.6 Å². The minimum absolute atomic E-state index is 0.0511. The molecule has 50 heavy (non-hydrogen) atoms. The van der Waals surface area contributed by atoms with Crippen LogP contribution in [0, 0.1) is 5.92 Å². The van der Waals surface area contributed by atoms with Crippen LogP contribution in [0.5, 0.6) is 0 Å². The molecule has 6 rings (SSSR count). The first-order valence-electron chi connectivity index (χ1n) is 16.7. The van der Waals surface area contributed by atoms with Gasteiger partial charge < -0.3 is 20.5 Å². The van der Waals surface area contributed by atoms with E-state index in [-0.39, 0.29) is 24.2 Å². The highest BCUT2D eigenvalue weighted by Crippen LogP contribution is 2.49. The van der Waals surface area contributed by atoms with E-state index < -0.39 is 34.8 Å². The molecule has 0 radical (unpaired) electrons. The quantitative estimate of drug-likeness (QED) is 0.109. The molecule has 0 spiro atoms. The fraction of sp³-hybridized carbons (Fsp3) is 0.214. The van der Waals surface area contributed by atoms with Crippen molar-refractivity contribution < 1.29 is 24.2 Å². The molecule has 5 aromatic rings. The van der Waals surface area contributed by atoms with Gasteiger partial charge in [0.2, 0.25) is 5.91 Å². The third-order valence-electron chi connectivity index (χ3n) is 9.19. The van der Waals surface area contributed by atoms with Crippen LogP contribution in [0.3, 0.4) is 0 Å². The summed E-state index contributed by atoms with van der Waals surface area (Å²) < 4.78 is 4.95. The average Bonchev–Trinajstić information content (AvgIpc) is 3.47. The van der Waals surface area contributed by atoms with Gasteiger partial charge in [-0.05, 0) is 44.9 Å². The Labute approximate surface area is 297 Å². The first-order chi connectivity index (χ1) is 24.3. The largest absolute Gasteiger partial charge is 0.480 e. The van der Waals surface area contributed by atoms with Crippen molar-refractivity contribution in [3.8, 4) is 11.1 Å². The van der Waals surface area contributed by atoms with Crippen molar-refractivity contribution in [2.45, 2.75) is 36.6 Å². The van der Waals surface area contributed by atoms with E-state index in [4.69, 9.17) is 4.74 Å². The highest BCUT2D eigenvalue weighted by Gasteiger charge is 2.39. The molecule has 0 fully saturated rings. The molecular weight excluding hydrogens is 645 g/mol. The number of benzene rings is 5. The van der Waals surface area contributed by atoms with Crippen LogP contribution in [-0.4, -0.2) is 47.5 Å². The molecular formula is C42H40N2O5S. The standard InChI is InChI=1S/C42H40N2O5S/c1-28(2)38(44-41(48)49-26-36-34-24-14-12-22-32(34)33-23-13-15-25-35(33)36)39(45)43-37(40(46)47)27-50-42(29-16-6-3-7-17-29,30-18-8-4-9-19-30)31-20-10-5-11-21-31/h3-25,28,36-38H,26-27H2,1-2H3,(H,43,45)(H,44,48)(H,46,47)/t37-,38-/m0/s1. The smallest absolute Gasteiger partial charge is 0.407 e. The van der Waals surface area contributed by atoms with E-state index in [1.165, 1.54) is 11.8 Å². The number of ether oxygens (including phenoxy) is 1. The van der Waals surface area contributed by atoms with Gasteiger partial charge in [-0.3, -0.25) is 4.79 Å². The van der Waals surface area contributed by atoms with Gasteiger partial charge in [0.15, 0.2) is 0 Å². The summed E-state index contributed by atoms with van der Waals surface area (Å²) in [6, 6.07) is 43.7. The summed E-state index contributed by atoms with van der Waals surface area (Å²) in [5, 5.41) is 15.8. The summed E-state index contributed by atoms with van der Waals surface area (Å²) in [4.78, 5) is 39.5. The lowest BCUT2D eigenvalue weighted by Crippen LogP contribution is -2.54. The molecule has 0 saturated carbocycles. The van der Waals surface area contributed by atoms with Crippen molar-refractivity contribution in [3.63, 3.8) is 0 Å². The van der Waals surface area contributed by atoms with Gasteiger partial charge in [-0.25, -0.2) is 9.59 Å². The molecule has 0 heterocycles. The summed E-state index contributed by atoms with van der Waals surface area (Å²) in [6.07, 6.45) is -0.738. The topological polar surface area (TPSA) is 105 Å². The molecule has 0 bridgehead atoms. The molecule has 0 aliphatic heterocycles. The summed E-state index contributed by atoms with van der Waals surface area (Å²) in [7, 11) is 0. The van der Waals surface area contributed by atoms with Crippen LogP contribution in [0.1, 0.15) is 47.6 Å². The number of hydrogen-bond acceptors (Lipinski definition) is 5. The molecule has 1 aliphatic rings. The summed E-state index contributed by atoms with van der Waals surface area (Å²) >= 11 is 1.44. The number of hydrogen-bond donors (Lipinski definition) is 3. The molecule has 2 amide bonds. The van der Waals surface area contributed by atoms with Crippen molar-refractivity contribution >= 4 is 29.7 Å². The summed E-state index contributed by atoms with van der Waals surface area (Å²) in [5.74, 6) is -2.18. The summed E-state index contributed by atoms with van der Waals surface area (Å²) in [6.45, 7) is 3.69. The molecule has 0 aromatic heterocycles. The van der Waals surface area contributed by atoms with Gasteiger partial charge in [0.25, 0.3) is 0 Å². The van der Waals surface area contributed by atoms with Crippen LogP contribution in [0.4, 0.5) is 4.79 Å². The van der Waals surface area contributed by atoms with E-state index in [0.717, 1.165) is 38.9 Å². The van der Waals surface area contributed by atoms with E-state index in [1.807, 2.05) is 127 Å². The van der Waals surface area contributed by atoms with Gasteiger partial charge in [-0.2, -0.15) is 0 Å². The van der Waals surface area contributed by atoms with E-state index in [9.17, 15) is 19.5 Å². The molecule has 0 unspecified atom stereocenters. The lowest BCUT2D eigenvalue weighted by Gasteiger charge is -2.36. The third kappa shape index (κ3) is 7.16. The molecule has 3 N–H and O–H groups in total.